The lowest BCUT2D eigenvalue weighted by Gasteiger charge is -2.29. The van der Waals surface area contributed by atoms with Crippen LogP contribution in [-0.4, -0.2) is 46.8 Å². The van der Waals surface area contributed by atoms with E-state index >= 15 is 0 Å². The number of imide groups is 2. The van der Waals surface area contributed by atoms with Crippen molar-refractivity contribution in [2.45, 2.75) is 0 Å². The van der Waals surface area contributed by atoms with Crippen LogP contribution in [0.25, 0.3) is 5.70 Å². The maximum absolute atomic E-state index is 12.0. The fourth-order valence-corrected chi connectivity index (χ4v) is 1.84. The SMILES string of the molecule is CN1C(=O)C(=C(N)c2ccc(O)cc2)C(=O)N(C)C1=O. The second-order valence-corrected chi connectivity index (χ2v) is 4.35. The molecule has 0 aromatic heterocycles. The minimum atomic E-state index is -0.747. The van der Waals surface area contributed by atoms with Crippen LogP contribution in [0.3, 0.4) is 0 Å². The van der Waals surface area contributed by atoms with E-state index in [0.717, 1.165) is 9.80 Å². The highest BCUT2D eigenvalue weighted by atomic mass is 16.3. The van der Waals surface area contributed by atoms with Gasteiger partial charge in [-0.05, 0) is 29.8 Å². The third-order valence-corrected chi connectivity index (χ3v) is 3.06. The van der Waals surface area contributed by atoms with Crippen molar-refractivity contribution in [3.8, 4) is 5.75 Å². The molecule has 1 aromatic carbocycles. The largest absolute Gasteiger partial charge is 0.508 e. The number of phenolic OH excluding ortho intramolecular Hbond substituents is 1. The van der Waals surface area contributed by atoms with E-state index in [9.17, 15) is 19.5 Å². The van der Waals surface area contributed by atoms with Crippen LogP contribution in [-0.2, 0) is 9.59 Å². The van der Waals surface area contributed by atoms with E-state index in [0.29, 0.717) is 5.56 Å². The van der Waals surface area contributed by atoms with Gasteiger partial charge in [0.25, 0.3) is 11.8 Å². The molecule has 7 heteroatoms. The number of benzene rings is 1. The molecule has 20 heavy (non-hydrogen) atoms. The average molecular weight is 275 g/mol. The minimum Gasteiger partial charge on any atom is -0.508 e. The van der Waals surface area contributed by atoms with Gasteiger partial charge >= 0.3 is 6.03 Å². The van der Waals surface area contributed by atoms with Crippen molar-refractivity contribution in [1.82, 2.24) is 9.80 Å². The van der Waals surface area contributed by atoms with Crippen molar-refractivity contribution >= 4 is 23.5 Å². The maximum atomic E-state index is 12.0. The quantitative estimate of drug-likeness (QED) is 0.559. The van der Waals surface area contributed by atoms with E-state index in [1.807, 2.05) is 0 Å². The Balaban J connectivity index is 2.55. The van der Waals surface area contributed by atoms with E-state index in [-0.39, 0.29) is 17.0 Å². The van der Waals surface area contributed by atoms with Gasteiger partial charge in [0, 0.05) is 14.1 Å². The van der Waals surface area contributed by atoms with Crippen LogP contribution < -0.4 is 5.73 Å². The van der Waals surface area contributed by atoms with Crippen LogP contribution in [0.4, 0.5) is 4.79 Å². The Labute approximate surface area is 114 Å². The van der Waals surface area contributed by atoms with Gasteiger partial charge in [-0.2, -0.15) is 0 Å². The zero-order valence-corrected chi connectivity index (χ0v) is 11.0. The molecule has 0 unspecified atom stereocenters. The molecule has 7 nitrogen and oxygen atoms in total. The van der Waals surface area contributed by atoms with E-state index in [4.69, 9.17) is 5.73 Å². The normalized spacial score (nSPS) is 15.9. The molecule has 0 saturated carbocycles. The first-order chi connectivity index (χ1) is 9.34. The molecular formula is C13H13N3O4. The Bertz CT molecular complexity index is 608. The van der Waals surface area contributed by atoms with Crippen molar-refractivity contribution in [1.29, 1.82) is 0 Å². The molecule has 2 rings (SSSR count). The molecule has 0 bridgehead atoms. The fourth-order valence-electron chi connectivity index (χ4n) is 1.84. The highest BCUT2D eigenvalue weighted by Gasteiger charge is 2.39. The second-order valence-electron chi connectivity index (χ2n) is 4.35. The summed E-state index contributed by atoms with van der Waals surface area (Å²) in [6.45, 7) is 0. The number of urea groups is 1. The van der Waals surface area contributed by atoms with E-state index in [2.05, 4.69) is 0 Å². The van der Waals surface area contributed by atoms with E-state index in [1.54, 1.807) is 0 Å². The van der Waals surface area contributed by atoms with Gasteiger partial charge in [0.05, 0.1) is 5.70 Å². The molecule has 0 radical (unpaired) electrons. The first kappa shape index (κ1) is 13.6. The van der Waals surface area contributed by atoms with Crippen molar-refractivity contribution in [2.24, 2.45) is 5.73 Å². The van der Waals surface area contributed by atoms with Crippen LogP contribution in [0.2, 0.25) is 0 Å². The molecular weight excluding hydrogens is 262 g/mol. The van der Waals surface area contributed by atoms with Gasteiger partial charge in [0.2, 0.25) is 0 Å². The average Bonchev–Trinajstić information content (AvgIpc) is 2.44. The Morgan fingerprint density at radius 3 is 1.90 bits per heavy atom. The number of hydrogen-bond donors (Lipinski definition) is 2. The lowest BCUT2D eigenvalue weighted by Crippen LogP contribution is -2.53. The topological polar surface area (TPSA) is 104 Å². The van der Waals surface area contributed by atoms with Gasteiger partial charge in [-0.3, -0.25) is 19.4 Å². The predicted molar refractivity (Wildman–Crippen MR) is 70.2 cm³/mol. The maximum Gasteiger partial charge on any atom is 0.333 e. The smallest absolute Gasteiger partial charge is 0.333 e. The summed E-state index contributed by atoms with van der Waals surface area (Å²) in [7, 11) is 2.55. The van der Waals surface area contributed by atoms with Crippen LogP contribution in [0, 0.1) is 0 Å². The highest BCUT2D eigenvalue weighted by Crippen LogP contribution is 2.22. The van der Waals surface area contributed by atoms with Crippen LogP contribution in [0.5, 0.6) is 5.75 Å². The molecule has 4 amide bonds. The number of aromatic hydroxyl groups is 1. The summed E-state index contributed by atoms with van der Waals surface area (Å²) in [6.07, 6.45) is 0. The molecule has 1 aromatic rings. The molecule has 1 heterocycles. The number of likely N-dealkylation sites (N-methyl/N-ethyl adjacent to an activating group) is 2. The van der Waals surface area contributed by atoms with Crippen molar-refractivity contribution < 1.29 is 19.5 Å². The number of rotatable bonds is 1. The number of nitrogens with zero attached hydrogens (tertiary/aromatic N) is 2. The number of hydrogen-bond acceptors (Lipinski definition) is 5. The zero-order valence-electron chi connectivity index (χ0n) is 11.0. The highest BCUT2D eigenvalue weighted by molar-refractivity contribution is 6.31. The number of phenols is 1. The summed E-state index contributed by atoms with van der Waals surface area (Å²) in [5.74, 6) is -1.45. The van der Waals surface area contributed by atoms with Crippen molar-refractivity contribution in [2.75, 3.05) is 14.1 Å². The Kier molecular flexibility index (Phi) is 3.19. The number of carbonyl (C=O) groups excluding carboxylic acids is 3. The molecule has 0 atom stereocenters. The van der Waals surface area contributed by atoms with Gasteiger partial charge in [0.15, 0.2) is 0 Å². The summed E-state index contributed by atoms with van der Waals surface area (Å²) in [4.78, 5) is 37.3. The first-order valence-corrected chi connectivity index (χ1v) is 5.73. The van der Waals surface area contributed by atoms with Gasteiger partial charge < -0.3 is 10.8 Å². The summed E-state index contributed by atoms with van der Waals surface area (Å²) in [5, 5.41) is 9.22. The fraction of sp³-hybridized carbons (Fsp3) is 0.154. The third-order valence-electron chi connectivity index (χ3n) is 3.06. The molecule has 1 fully saturated rings. The van der Waals surface area contributed by atoms with Crippen molar-refractivity contribution in [3.63, 3.8) is 0 Å². The lowest BCUT2D eigenvalue weighted by molar-refractivity contribution is -0.134. The molecule has 3 N–H and O–H groups in total. The molecule has 104 valence electrons. The molecule has 1 saturated heterocycles. The summed E-state index contributed by atoms with van der Waals surface area (Å²) >= 11 is 0. The second kappa shape index (κ2) is 4.69. The van der Waals surface area contributed by atoms with E-state index < -0.39 is 17.8 Å². The summed E-state index contributed by atoms with van der Waals surface area (Å²) < 4.78 is 0. The van der Waals surface area contributed by atoms with Crippen molar-refractivity contribution in [3.05, 3.63) is 35.4 Å². The number of barbiturate groups is 1. The number of carbonyl (C=O) groups is 3. The minimum absolute atomic E-state index is 0.0359. The van der Waals surface area contributed by atoms with Crippen LogP contribution in [0.1, 0.15) is 5.56 Å². The van der Waals surface area contributed by atoms with E-state index in [1.165, 1.54) is 38.4 Å². The Morgan fingerprint density at radius 2 is 1.45 bits per heavy atom. The number of amides is 4. The monoisotopic (exact) mass is 275 g/mol. The molecule has 1 aliphatic rings. The Hall–Kier alpha value is -2.83. The third kappa shape index (κ3) is 1.99. The molecule has 1 aliphatic heterocycles. The zero-order chi connectivity index (χ0) is 15.0. The van der Waals surface area contributed by atoms with Crippen LogP contribution >= 0.6 is 0 Å². The van der Waals surface area contributed by atoms with Gasteiger partial charge in [-0.1, -0.05) is 0 Å². The summed E-state index contributed by atoms with van der Waals surface area (Å²) in [5.41, 5.74) is 5.98. The Morgan fingerprint density at radius 1 is 1.00 bits per heavy atom. The van der Waals surface area contributed by atoms with Crippen LogP contribution in [0.15, 0.2) is 29.8 Å². The van der Waals surface area contributed by atoms with Gasteiger partial charge in [-0.25, -0.2) is 4.79 Å². The lowest BCUT2D eigenvalue weighted by atomic mass is 10.0. The first-order valence-electron chi connectivity index (χ1n) is 5.73. The molecule has 0 aliphatic carbocycles. The van der Waals surface area contributed by atoms with Gasteiger partial charge in [0.1, 0.15) is 11.3 Å². The summed E-state index contributed by atoms with van der Waals surface area (Å²) in [6, 6.07) is 5.03. The standard InChI is InChI=1S/C13H13N3O4/c1-15-11(18)9(12(19)16(2)13(15)20)10(14)7-3-5-8(17)6-4-7/h3-6,17H,14H2,1-2H3. The number of nitrogens with two attached hydrogens (primary N) is 1. The molecule has 0 spiro atoms. The van der Waals surface area contributed by atoms with Gasteiger partial charge in [-0.15, -0.1) is 0 Å². The predicted octanol–water partition coefficient (Wildman–Crippen LogP) is 0.112.